The van der Waals surface area contributed by atoms with Crippen LogP contribution in [-0.2, 0) is 4.74 Å². The minimum absolute atomic E-state index is 0.499. The second-order valence-electron chi connectivity index (χ2n) is 7.24. The zero-order valence-electron chi connectivity index (χ0n) is 15.2. The Labute approximate surface area is 137 Å². The van der Waals surface area contributed by atoms with Gasteiger partial charge in [0.15, 0.2) is 0 Å². The molecule has 124 valence electrons. The first kappa shape index (κ1) is 19.0. The maximum Gasteiger partial charge on any atom is 0.0652 e. The summed E-state index contributed by atoms with van der Waals surface area (Å²) in [5, 5.41) is 2.61. The van der Waals surface area contributed by atoms with Crippen molar-refractivity contribution >= 4 is 12.2 Å². The number of benzene rings is 1. The topological polar surface area (TPSA) is 9.23 Å². The fourth-order valence-electron chi connectivity index (χ4n) is 3.12. The van der Waals surface area contributed by atoms with Crippen LogP contribution in [0.5, 0.6) is 0 Å². The summed E-state index contributed by atoms with van der Waals surface area (Å²) in [5.41, 5.74) is 0.499. The maximum atomic E-state index is 5.16. The van der Waals surface area contributed by atoms with Gasteiger partial charge in [0.1, 0.15) is 0 Å². The number of rotatable bonds is 9. The Morgan fingerprint density at radius 1 is 1.14 bits per heavy atom. The summed E-state index contributed by atoms with van der Waals surface area (Å²) in [5.74, 6) is 0.620. The lowest BCUT2D eigenvalue weighted by Crippen LogP contribution is -2.25. The summed E-state index contributed by atoms with van der Waals surface area (Å²) in [6, 6.07) is 8.59. The first-order valence-corrected chi connectivity index (χ1v) is 8.74. The van der Waals surface area contributed by atoms with Crippen molar-refractivity contribution < 1.29 is 4.74 Å². The third-order valence-corrected chi connectivity index (χ3v) is 4.37. The van der Waals surface area contributed by atoms with E-state index < -0.39 is 0 Å². The first-order valence-electron chi connectivity index (χ1n) is 8.74. The molecule has 1 rings (SSSR count). The molecule has 1 nitrogen and oxygen atoms in total. The van der Waals surface area contributed by atoms with E-state index in [1.807, 2.05) is 0 Å². The van der Waals surface area contributed by atoms with Crippen LogP contribution in [0.2, 0.25) is 0 Å². The highest BCUT2D eigenvalue weighted by Gasteiger charge is 2.16. The van der Waals surface area contributed by atoms with Crippen molar-refractivity contribution in [1.82, 2.24) is 0 Å². The zero-order chi connectivity index (χ0) is 16.4. The second-order valence-corrected chi connectivity index (χ2v) is 7.24. The van der Waals surface area contributed by atoms with Crippen molar-refractivity contribution in [3.63, 3.8) is 0 Å². The first-order chi connectivity index (χ1) is 10.5. The quantitative estimate of drug-likeness (QED) is 0.651. The SMILES string of the molecule is CCCC(C)(C)CCCC(C)C=c1ccccc1=CCOC. The van der Waals surface area contributed by atoms with Crippen LogP contribution < -0.4 is 10.4 Å². The van der Waals surface area contributed by atoms with E-state index >= 15 is 0 Å². The van der Waals surface area contributed by atoms with Crippen molar-refractivity contribution in [2.24, 2.45) is 11.3 Å². The lowest BCUT2D eigenvalue weighted by Gasteiger charge is -2.24. The fraction of sp³-hybridized carbons (Fsp3) is 0.619. The Bertz CT molecular complexity index is 527. The molecular weight excluding hydrogens is 268 g/mol. The number of hydrogen-bond donors (Lipinski definition) is 0. The van der Waals surface area contributed by atoms with Crippen molar-refractivity contribution in [2.45, 2.75) is 59.8 Å². The molecule has 1 aromatic rings. The summed E-state index contributed by atoms with van der Waals surface area (Å²) in [6.07, 6.45) is 11.1. The van der Waals surface area contributed by atoms with Gasteiger partial charge in [0, 0.05) is 7.11 Å². The van der Waals surface area contributed by atoms with Gasteiger partial charge < -0.3 is 4.74 Å². The van der Waals surface area contributed by atoms with E-state index in [1.54, 1.807) is 7.11 Å². The molecule has 22 heavy (non-hydrogen) atoms. The van der Waals surface area contributed by atoms with Gasteiger partial charge in [0.25, 0.3) is 0 Å². The smallest absolute Gasteiger partial charge is 0.0652 e. The third kappa shape index (κ3) is 7.26. The minimum Gasteiger partial charge on any atom is -0.381 e. The molecule has 0 N–H and O–H groups in total. The van der Waals surface area contributed by atoms with E-state index in [1.165, 1.54) is 42.5 Å². The molecule has 0 aliphatic heterocycles. The Morgan fingerprint density at radius 3 is 2.45 bits per heavy atom. The summed E-state index contributed by atoms with van der Waals surface area (Å²) in [6.45, 7) is 10.1. The highest BCUT2D eigenvalue weighted by atomic mass is 16.5. The minimum atomic E-state index is 0.499. The van der Waals surface area contributed by atoms with E-state index in [0.29, 0.717) is 17.9 Å². The van der Waals surface area contributed by atoms with Gasteiger partial charge in [-0.15, -0.1) is 0 Å². The van der Waals surface area contributed by atoms with E-state index in [0.717, 1.165) is 0 Å². The zero-order valence-corrected chi connectivity index (χ0v) is 15.2. The third-order valence-electron chi connectivity index (χ3n) is 4.37. The molecule has 1 unspecified atom stereocenters. The van der Waals surface area contributed by atoms with Gasteiger partial charge in [0.2, 0.25) is 0 Å². The molecule has 0 aliphatic carbocycles. The molecule has 0 saturated carbocycles. The van der Waals surface area contributed by atoms with Gasteiger partial charge >= 0.3 is 0 Å². The molecule has 0 heterocycles. The Morgan fingerprint density at radius 2 is 1.82 bits per heavy atom. The molecule has 0 aliphatic rings. The molecule has 1 heteroatoms. The molecule has 1 atom stereocenters. The molecule has 0 radical (unpaired) electrons. The van der Waals surface area contributed by atoms with Gasteiger partial charge in [-0.05, 0) is 41.0 Å². The van der Waals surface area contributed by atoms with E-state index in [2.05, 4.69) is 64.1 Å². The molecule has 0 aromatic heterocycles. The predicted molar refractivity (Wildman–Crippen MR) is 98.2 cm³/mol. The van der Waals surface area contributed by atoms with E-state index in [4.69, 9.17) is 4.74 Å². The summed E-state index contributed by atoms with van der Waals surface area (Å²) in [7, 11) is 1.74. The lowest BCUT2D eigenvalue weighted by atomic mass is 9.82. The van der Waals surface area contributed by atoms with Gasteiger partial charge in [-0.3, -0.25) is 0 Å². The van der Waals surface area contributed by atoms with Crippen LogP contribution in [0.25, 0.3) is 12.2 Å². The van der Waals surface area contributed by atoms with Gasteiger partial charge in [0.05, 0.1) is 6.61 Å². The second kappa shape index (κ2) is 9.84. The monoisotopic (exact) mass is 302 g/mol. The van der Waals surface area contributed by atoms with E-state index in [9.17, 15) is 0 Å². The van der Waals surface area contributed by atoms with Crippen LogP contribution in [-0.4, -0.2) is 13.7 Å². The lowest BCUT2D eigenvalue weighted by molar-refractivity contribution is 0.243. The van der Waals surface area contributed by atoms with Crippen LogP contribution in [0.4, 0.5) is 0 Å². The van der Waals surface area contributed by atoms with E-state index in [-0.39, 0.29) is 0 Å². The maximum absolute atomic E-state index is 5.16. The van der Waals surface area contributed by atoms with Crippen molar-refractivity contribution in [1.29, 1.82) is 0 Å². The number of hydrogen-bond acceptors (Lipinski definition) is 1. The van der Waals surface area contributed by atoms with Gasteiger partial charge in [-0.1, -0.05) is 77.0 Å². The Kier molecular flexibility index (Phi) is 8.48. The van der Waals surface area contributed by atoms with Crippen LogP contribution in [0, 0.1) is 11.3 Å². The Hall–Kier alpha value is -1.08. The molecular formula is C21H34O. The average Bonchev–Trinajstić information content (AvgIpc) is 2.46. The largest absolute Gasteiger partial charge is 0.381 e. The summed E-state index contributed by atoms with van der Waals surface area (Å²) < 4.78 is 5.16. The van der Waals surface area contributed by atoms with Crippen molar-refractivity contribution in [3.8, 4) is 0 Å². The molecule has 0 saturated heterocycles. The van der Waals surface area contributed by atoms with Crippen LogP contribution in [0.15, 0.2) is 24.3 Å². The van der Waals surface area contributed by atoms with Gasteiger partial charge in [-0.25, -0.2) is 0 Å². The van der Waals surface area contributed by atoms with Crippen LogP contribution >= 0.6 is 0 Å². The highest BCUT2D eigenvalue weighted by Crippen LogP contribution is 2.29. The normalized spacial score (nSPS) is 15.3. The molecule has 0 amide bonds. The molecule has 0 fully saturated rings. The summed E-state index contributed by atoms with van der Waals surface area (Å²) in [4.78, 5) is 0. The average molecular weight is 303 g/mol. The van der Waals surface area contributed by atoms with Gasteiger partial charge in [-0.2, -0.15) is 0 Å². The molecule has 0 bridgehead atoms. The van der Waals surface area contributed by atoms with Crippen molar-refractivity contribution in [3.05, 3.63) is 34.7 Å². The van der Waals surface area contributed by atoms with Crippen LogP contribution in [0.3, 0.4) is 0 Å². The number of ether oxygens (including phenoxy) is 1. The van der Waals surface area contributed by atoms with Crippen molar-refractivity contribution in [2.75, 3.05) is 13.7 Å². The molecule has 0 spiro atoms. The van der Waals surface area contributed by atoms with Crippen LogP contribution in [0.1, 0.15) is 59.8 Å². The summed E-state index contributed by atoms with van der Waals surface area (Å²) >= 11 is 0. The molecule has 1 aromatic carbocycles. The standard InChI is InChI=1S/C21H34O/c1-6-14-21(3,4)15-9-10-18(2)17-20-12-8-7-11-19(20)13-16-22-5/h7-8,11-13,17-18H,6,9-10,14-16H2,1-5H3. The fourth-order valence-corrected chi connectivity index (χ4v) is 3.12. The highest BCUT2D eigenvalue weighted by molar-refractivity contribution is 5.33. The predicted octanol–water partition coefficient (Wildman–Crippen LogP) is 4.53. The number of methoxy groups -OCH3 is 1. The Balaban J connectivity index is 2.66.